The molecule has 112 valence electrons. The van der Waals surface area contributed by atoms with E-state index < -0.39 is 36.5 Å². The number of benzene rings is 1. The average molecular weight is 302 g/mol. The lowest BCUT2D eigenvalue weighted by Gasteiger charge is -2.39. The van der Waals surface area contributed by atoms with Gasteiger partial charge in [0.15, 0.2) is 0 Å². The van der Waals surface area contributed by atoms with Gasteiger partial charge >= 0.3 is 0 Å². The monoisotopic (exact) mass is 302 g/mol. The van der Waals surface area contributed by atoms with E-state index in [1.807, 2.05) is 0 Å². The lowest BCUT2D eigenvalue weighted by atomic mass is 10.0. The van der Waals surface area contributed by atoms with Crippen molar-refractivity contribution in [3.63, 3.8) is 0 Å². The van der Waals surface area contributed by atoms with Gasteiger partial charge in [0.05, 0.1) is 6.61 Å². The first-order valence-electron chi connectivity index (χ1n) is 6.23. The maximum atomic E-state index is 9.87. The molecule has 0 amide bonds. The van der Waals surface area contributed by atoms with E-state index in [1.54, 1.807) is 24.3 Å². The van der Waals surface area contributed by atoms with E-state index in [9.17, 15) is 20.4 Å². The number of phenolic OH excluding ortho intramolecular Hbond substituents is 1. The van der Waals surface area contributed by atoms with Gasteiger partial charge in [-0.2, -0.15) is 0 Å². The summed E-state index contributed by atoms with van der Waals surface area (Å²) in [6.45, 7) is -0.429. The Labute approximate surface area is 120 Å². The molecule has 5 atom stereocenters. The Kier molecular flexibility index (Phi) is 5.25. The number of aliphatic hydroxyl groups excluding tert-OH is 4. The maximum Gasteiger partial charge on any atom is 0.132 e. The van der Waals surface area contributed by atoms with Gasteiger partial charge in [-0.1, -0.05) is 12.1 Å². The number of hydrogen-bond donors (Lipinski definition) is 5. The van der Waals surface area contributed by atoms with Gasteiger partial charge in [0.2, 0.25) is 0 Å². The van der Waals surface area contributed by atoms with Gasteiger partial charge < -0.3 is 30.3 Å². The van der Waals surface area contributed by atoms with Crippen molar-refractivity contribution in [1.82, 2.24) is 0 Å². The van der Waals surface area contributed by atoms with Crippen molar-refractivity contribution in [2.24, 2.45) is 0 Å². The first-order valence-corrected chi connectivity index (χ1v) is 7.28. The van der Waals surface area contributed by atoms with E-state index >= 15 is 0 Å². The fourth-order valence-electron chi connectivity index (χ4n) is 1.98. The molecule has 1 aliphatic rings. The predicted octanol–water partition coefficient (Wildman–Crippen LogP) is -0.575. The summed E-state index contributed by atoms with van der Waals surface area (Å²) in [6, 6.07) is 6.60. The van der Waals surface area contributed by atoms with Gasteiger partial charge in [0.25, 0.3) is 0 Å². The zero-order valence-electron chi connectivity index (χ0n) is 10.7. The van der Waals surface area contributed by atoms with Crippen molar-refractivity contribution in [2.75, 3.05) is 6.61 Å². The number of aliphatic hydroxyl groups is 4. The molecule has 7 heteroatoms. The number of aromatic hydroxyl groups is 1. The van der Waals surface area contributed by atoms with Crippen molar-refractivity contribution >= 4 is 11.8 Å². The Morgan fingerprint density at radius 1 is 1.00 bits per heavy atom. The highest BCUT2D eigenvalue weighted by Crippen LogP contribution is 2.30. The number of ether oxygens (including phenoxy) is 1. The van der Waals surface area contributed by atoms with Crippen LogP contribution in [0.5, 0.6) is 5.75 Å². The molecule has 0 unspecified atom stereocenters. The van der Waals surface area contributed by atoms with Crippen LogP contribution < -0.4 is 0 Å². The zero-order valence-corrected chi connectivity index (χ0v) is 11.5. The van der Waals surface area contributed by atoms with Crippen LogP contribution in [-0.2, 0) is 10.5 Å². The van der Waals surface area contributed by atoms with E-state index in [2.05, 4.69) is 0 Å². The molecular weight excluding hydrogens is 284 g/mol. The smallest absolute Gasteiger partial charge is 0.132 e. The van der Waals surface area contributed by atoms with Crippen LogP contribution in [-0.4, -0.2) is 62.0 Å². The van der Waals surface area contributed by atoms with E-state index in [4.69, 9.17) is 9.84 Å². The average Bonchev–Trinajstić information content (AvgIpc) is 2.46. The molecule has 1 aromatic carbocycles. The minimum atomic E-state index is -1.35. The Morgan fingerprint density at radius 2 is 1.65 bits per heavy atom. The number of rotatable bonds is 4. The normalized spacial score (nSPS) is 34.1. The molecule has 1 heterocycles. The number of thioether (sulfide) groups is 1. The van der Waals surface area contributed by atoms with E-state index in [-0.39, 0.29) is 5.75 Å². The molecule has 1 fully saturated rings. The topological polar surface area (TPSA) is 110 Å². The van der Waals surface area contributed by atoms with E-state index in [0.29, 0.717) is 5.75 Å². The van der Waals surface area contributed by atoms with Gasteiger partial charge in [-0.25, -0.2) is 0 Å². The van der Waals surface area contributed by atoms with Gasteiger partial charge in [0, 0.05) is 5.75 Å². The third-order valence-electron chi connectivity index (χ3n) is 3.20. The fourth-order valence-corrected chi connectivity index (χ4v) is 3.10. The Bertz CT molecular complexity index is 423. The summed E-state index contributed by atoms with van der Waals surface area (Å²) >= 11 is 1.25. The van der Waals surface area contributed by atoms with Gasteiger partial charge in [-0.3, -0.25) is 0 Å². The predicted molar refractivity (Wildman–Crippen MR) is 73.2 cm³/mol. The van der Waals surface area contributed by atoms with Crippen molar-refractivity contribution in [2.45, 2.75) is 35.6 Å². The second-order valence-corrected chi connectivity index (χ2v) is 5.76. The first kappa shape index (κ1) is 15.6. The maximum absolute atomic E-state index is 9.87. The fraction of sp³-hybridized carbons (Fsp3) is 0.538. The molecule has 1 aliphatic heterocycles. The summed E-state index contributed by atoms with van der Waals surface area (Å²) in [5, 5.41) is 47.5. The molecule has 5 N–H and O–H groups in total. The molecule has 0 saturated carbocycles. The lowest BCUT2D eigenvalue weighted by molar-refractivity contribution is -0.205. The highest BCUT2D eigenvalue weighted by molar-refractivity contribution is 7.99. The number of hydrogen-bond acceptors (Lipinski definition) is 7. The minimum absolute atomic E-state index is 0.173. The Balaban J connectivity index is 1.95. The molecule has 1 aromatic rings. The van der Waals surface area contributed by atoms with E-state index in [0.717, 1.165) is 5.56 Å². The van der Waals surface area contributed by atoms with Crippen LogP contribution in [0.2, 0.25) is 0 Å². The Hall–Kier alpha value is -0.830. The minimum Gasteiger partial charge on any atom is -0.508 e. The molecule has 20 heavy (non-hydrogen) atoms. The van der Waals surface area contributed by atoms with Crippen molar-refractivity contribution in [3.8, 4) is 5.75 Å². The molecule has 0 radical (unpaired) electrons. The lowest BCUT2D eigenvalue weighted by Crippen LogP contribution is -2.57. The first-order chi connectivity index (χ1) is 9.52. The van der Waals surface area contributed by atoms with Crippen LogP contribution >= 0.6 is 11.8 Å². The van der Waals surface area contributed by atoms with Crippen LogP contribution in [0.25, 0.3) is 0 Å². The molecule has 0 spiro atoms. The SMILES string of the molecule is OC[C@H]1O[C@@H](SCc2ccc(O)cc2)[C@H](O)[C@@H](O)[C@@H]1O. The Morgan fingerprint density at radius 3 is 2.25 bits per heavy atom. The van der Waals surface area contributed by atoms with Crippen molar-refractivity contribution in [3.05, 3.63) is 29.8 Å². The van der Waals surface area contributed by atoms with Gasteiger partial charge in [-0.15, -0.1) is 11.8 Å². The summed E-state index contributed by atoms with van der Waals surface area (Å²) in [4.78, 5) is 0. The standard InChI is InChI=1S/C13H18O6S/c14-5-9-10(16)11(17)12(18)13(19-9)20-6-7-1-3-8(15)4-2-7/h1-4,9-18H,5-6H2/t9-,10-,11+,12-,13+/m1/s1. The number of phenols is 1. The summed E-state index contributed by atoms with van der Waals surface area (Å²) in [5.41, 5.74) is 0.184. The molecule has 0 bridgehead atoms. The largest absolute Gasteiger partial charge is 0.508 e. The van der Waals surface area contributed by atoms with Crippen molar-refractivity contribution < 1.29 is 30.3 Å². The molecule has 2 rings (SSSR count). The van der Waals surface area contributed by atoms with Crippen molar-refractivity contribution in [1.29, 1.82) is 0 Å². The van der Waals surface area contributed by atoms with Crippen LogP contribution in [0.4, 0.5) is 0 Å². The van der Waals surface area contributed by atoms with Crippen LogP contribution in [0.1, 0.15) is 5.56 Å². The van der Waals surface area contributed by atoms with Gasteiger partial charge in [0.1, 0.15) is 35.6 Å². The molecule has 6 nitrogen and oxygen atoms in total. The molecule has 0 aromatic heterocycles. The highest BCUT2D eigenvalue weighted by atomic mass is 32.2. The molecule has 0 aliphatic carbocycles. The zero-order chi connectivity index (χ0) is 14.7. The molecule has 1 saturated heterocycles. The van der Waals surface area contributed by atoms with Crippen LogP contribution in [0.15, 0.2) is 24.3 Å². The second kappa shape index (κ2) is 6.75. The summed E-state index contributed by atoms with van der Waals surface area (Å²) in [6.07, 6.45) is -4.79. The molecular formula is C13H18O6S. The highest BCUT2D eigenvalue weighted by Gasteiger charge is 2.43. The van der Waals surface area contributed by atoms with Crippen LogP contribution in [0, 0.1) is 0 Å². The second-order valence-electron chi connectivity index (χ2n) is 4.67. The quantitative estimate of drug-likeness (QED) is 0.506. The van der Waals surface area contributed by atoms with Crippen LogP contribution in [0.3, 0.4) is 0 Å². The van der Waals surface area contributed by atoms with Gasteiger partial charge in [-0.05, 0) is 17.7 Å². The summed E-state index contributed by atoms with van der Waals surface area (Å²) < 4.78 is 5.38. The third kappa shape index (κ3) is 3.43. The van der Waals surface area contributed by atoms with E-state index in [1.165, 1.54) is 11.8 Å². The third-order valence-corrected chi connectivity index (χ3v) is 4.42. The summed E-state index contributed by atoms with van der Waals surface area (Å²) in [5.74, 6) is 0.676. The summed E-state index contributed by atoms with van der Waals surface area (Å²) in [7, 11) is 0.